The standard InChI is InChI=1S/C32H43ClN10O5S/c1-3-49(44,45)16-4-13-47-31-29(21-43(38-31)27-8-6-26(7-9-27)41-11-14-46-15-12-41)37-32-34-18-25(19-35-32)24-5-10-28(33)30(17-24)48-23(2)20-42-22-36-39-40-42/h5,10,17-19,21-23,26-27H,3-4,6-9,11-16,20H2,1-2H3,(H,34,35,37)/t23-,26?,27?/m0/s1. The average molecular weight is 715 g/mol. The lowest BCUT2D eigenvalue weighted by atomic mass is 9.90. The van der Waals surface area contributed by atoms with E-state index in [1.54, 1.807) is 30.1 Å². The number of aromatic nitrogens is 8. The molecule has 0 spiro atoms. The minimum absolute atomic E-state index is 0.0682. The first-order chi connectivity index (χ1) is 23.8. The van der Waals surface area contributed by atoms with E-state index in [-0.39, 0.29) is 30.3 Å². The molecule has 0 unspecified atom stereocenters. The van der Waals surface area contributed by atoms with Gasteiger partial charge in [0.1, 0.15) is 33.7 Å². The van der Waals surface area contributed by atoms with Gasteiger partial charge in [-0.2, -0.15) is 0 Å². The van der Waals surface area contributed by atoms with Gasteiger partial charge < -0.3 is 19.5 Å². The predicted octanol–water partition coefficient (Wildman–Crippen LogP) is 4.21. The smallest absolute Gasteiger partial charge is 0.256 e. The SMILES string of the molecule is CCS(=O)(=O)CCCOc1nn(C2CCC(N3CCOCC3)CC2)cc1Nc1ncc(-c2ccc(Cl)c(O[C@@H](C)Cn3cnnn3)c2)cn1. The summed E-state index contributed by atoms with van der Waals surface area (Å²) in [5.41, 5.74) is 2.24. The molecule has 0 bridgehead atoms. The zero-order valence-corrected chi connectivity index (χ0v) is 29.4. The highest BCUT2D eigenvalue weighted by atomic mass is 35.5. The second kappa shape index (κ2) is 16.2. The number of nitrogens with zero attached hydrogens (tertiary/aromatic N) is 9. The van der Waals surface area contributed by atoms with Crippen LogP contribution in [0.1, 0.15) is 52.0 Å². The number of tetrazole rings is 1. The normalized spacial score (nSPS) is 19.4. The van der Waals surface area contributed by atoms with Crippen molar-refractivity contribution in [3.05, 3.63) is 48.1 Å². The molecule has 1 aliphatic carbocycles. The molecule has 49 heavy (non-hydrogen) atoms. The summed E-state index contributed by atoms with van der Waals surface area (Å²) in [5.74, 6) is 1.48. The molecular formula is C32H43ClN10O5S. The van der Waals surface area contributed by atoms with E-state index < -0.39 is 9.84 Å². The molecule has 264 valence electrons. The Hall–Kier alpha value is -3.86. The van der Waals surface area contributed by atoms with Gasteiger partial charge in [0.25, 0.3) is 5.88 Å². The van der Waals surface area contributed by atoms with Gasteiger partial charge in [-0.15, -0.1) is 10.2 Å². The first-order valence-electron chi connectivity index (χ1n) is 16.8. The maximum absolute atomic E-state index is 12.0. The van der Waals surface area contributed by atoms with Crippen LogP contribution in [0.4, 0.5) is 11.6 Å². The largest absolute Gasteiger partial charge is 0.487 e. The van der Waals surface area contributed by atoms with Crippen LogP contribution in [0.2, 0.25) is 5.02 Å². The minimum atomic E-state index is -3.08. The number of morpholine rings is 1. The average Bonchev–Trinajstić information content (AvgIpc) is 3.78. The Morgan fingerprint density at radius 3 is 2.55 bits per heavy atom. The van der Waals surface area contributed by atoms with Crippen LogP contribution in [-0.4, -0.2) is 110 Å². The molecule has 3 aromatic heterocycles. The second-order valence-corrected chi connectivity index (χ2v) is 15.3. The van der Waals surface area contributed by atoms with Crippen LogP contribution < -0.4 is 14.8 Å². The number of rotatable bonds is 15. The van der Waals surface area contributed by atoms with Crippen molar-refractivity contribution in [1.29, 1.82) is 0 Å². The van der Waals surface area contributed by atoms with Crippen molar-refractivity contribution in [3.63, 3.8) is 0 Å². The Bertz CT molecular complexity index is 1740. The Kier molecular flexibility index (Phi) is 11.6. The Morgan fingerprint density at radius 2 is 1.84 bits per heavy atom. The molecule has 2 fully saturated rings. The number of ether oxygens (including phenoxy) is 3. The highest BCUT2D eigenvalue weighted by molar-refractivity contribution is 7.91. The summed E-state index contributed by atoms with van der Waals surface area (Å²) in [6.45, 7) is 7.84. The summed E-state index contributed by atoms with van der Waals surface area (Å²) in [6, 6.07) is 6.32. The van der Waals surface area contributed by atoms with Gasteiger partial charge in [0.05, 0.1) is 49.4 Å². The van der Waals surface area contributed by atoms with Crippen molar-refractivity contribution in [1.82, 2.24) is 44.9 Å². The molecule has 17 heteroatoms. The van der Waals surface area contributed by atoms with E-state index in [1.165, 1.54) is 6.33 Å². The Labute approximate surface area is 291 Å². The lowest BCUT2D eigenvalue weighted by Crippen LogP contribution is -2.45. The fraction of sp³-hybridized carbons (Fsp3) is 0.562. The maximum atomic E-state index is 12.0. The van der Waals surface area contributed by atoms with Crippen molar-refractivity contribution >= 4 is 33.1 Å². The molecule has 0 amide bonds. The number of hydrogen-bond acceptors (Lipinski definition) is 13. The molecule has 1 N–H and O–H groups in total. The number of sulfone groups is 1. The topological polar surface area (TPSA) is 164 Å². The van der Waals surface area contributed by atoms with Crippen LogP contribution in [0.3, 0.4) is 0 Å². The molecule has 1 atom stereocenters. The van der Waals surface area contributed by atoms with Crippen molar-refractivity contribution in [2.75, 3.05) is 49.7 Å². The fourth-order valence-electron chi connectivity index (χ4n) is 6.19. The van der Waals surface area contributed by atoms with E-state index in [0.717, 1.165) is 63.1 Å². The summed E-state index contributed by atoms with van der Waals surface area (Å²) < 4.78 is 45.2. The van der Waals surface area contributed by atoms with E-state index in [2.05, 4.69) is 35.7 Å². The summed E-state index contributed by atoms with van der Waals surface area (Å²) in [4.78, 5) is 11.7. The van der Waals surface area contributed by atoms with Gasteiger partial charge in [-0.1, -0.05) is 24.6 Å². The summed E-state index contributed by atoms with van der Waals surface area (Å²) in [6.07, 6.45) is 11.3. The van der Waals surface area contributed by atoms with Crippen LogP contribution in [0.5, 0.6) is 11.6 Å². The van der Waals surface area contributed by atoms with Crippen LogP contribution in [0, 0.1) is 0 Å². The van der Waals surface area contributed by atoms with Gasteiger partial charge in [0, 0.05) is 42.8 Å². The number of benzene rings is 1. The van der Waals surface area contributed by atoms with Crippen LogP contribution in [-0.2, 0) is 21.1 Å². The molecule has 1 aromatic carbocycles. The fourth-order valence-corrected chi connectivity index (χ4v) is 7.20. The molecule has 15 nitrogen and oxygen atoms in total. The highest BCUT2D eigenvalue weighted by Gasteiger charge is 2.29. The zero-order chi connectivity index (χ0) is 34.2. The van der Waals surface area contributed by atoms with Crippen molar-refractivity contribution < 1.29 is 22.6 Å². The number of halogens is 1. The third-order valence-electron chi connectivity index (χ3n) is 8.91. The van der Waals surface area contributed by atoms with E-state index in [1.807, 2.05) is 29.9 Å². The monoisotopic (exact) mass is 714 g/mol. The zero-order valence-electron chi connectivity index (χ0n) is 27.8. The lowest BCUT2D eigenvalue weighted by Gasteiger charge is -2.38. The number of nitrogens with one attached hydrogen (secondary N) is 1. The third kappa shape index (κ3) is 9.44. The predicted molar refractivity (Wildman–Crippen MR) is 184 cm³/mol. The van der Waals surface area contributed by atoms with E-state index >= 15 is 0 Å². The maximum Gasteiger partial charge on any atom is 0.256 e. The summed E-state index contributed by atoms with van der Waals surface area (Å²) in [7, 11) is -3.08. The van der Waals surface area contributed by atoms with Gasteiger partial charge in [-0.25, -0.2) is 23.1 Å². The van der Waals surface area contributed by atoms with Gasteiger partial charge >= 0.3 is 0 Å². The van der Waals surface area contributed by atoms with Gasteiger partial charge in [0.15, 0.2) is 0 Å². The van der Waals surface area contributed by atoms with Crippen LogP contribution in [0.25, 0.3) is 11.1 Å². The minimum Gasteiger partial charge on any atom is -0.487 e. The lowest BCUT2D eigenvalue weighted by molar-refractivity contribution is 0.00503. The quantitative estimate of drug-likeness (QED) is 0.174. The summed E-state index contributed by atoms with van der Waals surface area (Å²) >= 11 is 6.45. The van der Waals surface area contributed by atoms with Crippen LogP contribution >= 0.6 is 11.6 Å². The molecule has 1 aliphatic heterocycles. The molecule has 6 rings (SSSR count). The van der Waals surface area contributed by atoms with Crippen molar-refractivity contribution in [2.45, 2.75) is 70.7 Å². The van der Waals surface area contributed by atoms with E-state index in [4.69, 9.17) is 30.9 Å². The molecule has 4 heterocycles. The molecule has 4 aromatic rings. The van der Waals surface area contributed by atoms with Crippen molar-refractivity contribution in [2.24, 2.45) is 0 Å². The van der Waals surface area contributed by atoms with Gasteiger partial charge in [0.2, 0.25) is 5.95 Å². The molecule has 1 saturated heterocycles. The summed E-state index contributed by atoms with van der Waals surface area (Å²) in [5, 5.41) is 19.8. The van der Waals surface area contributed by atoms with Gasteiger partial charge in [-0.05, 0) is 67.2 Å². The molecular weight excluding hydrogens is 672 g/mol. The highest BCUT2D eigenvalue weighted by Crippen LogP contribution is 2.35. The first-order valence-corrected chi connectivity index (χ1v) is 19.0. The Morgan fingerprint density at radius 1 is 1.08 bits per heavy atom. The molecule has 0 radical (unpaired) electrons. The second-order valence-electron chi connectivity index (χ2n) is 12.4. The van der Waals surface area contributed by atoms with Crippen LogP contribution in [0.15, 0.2) is 43.1 Å². The first kappa shape index (κ1) is 35.0. The molecule has 1 saturated carbocycles. The number of anilines is 2. The number of hydrogen-bond donors (Lipinski definition) is 1. The third-order valence-corrected chi connectivity index (χ3v) is 11.0. The molecule has 2 aliphatic rings. The Balaban J connectivity index is 1.13. The van der Waals surface area contributed by atoms with Gasteiger partial charge in [-0.3, -0.25) is 9.58 Å². The van der Waals surface area contributed by atoms with E-state index in [0.29, 0.717) is 47.3 Å². The van der Waals surface area contributed by atoms with Crippen molar-refractivity contribution in [3.8, 4) is 22.8 Å². The van der Waals surface area contributed by atoms with E-state index in [9.17, 15) is 8.42 Å².